The molecule has 29 heavy (non-hydrogen) atoms. The van der Waals surface area contributed by atoms with Gasteiger partial charge in [0.05, 0.1) is 0 Å². The Hall–Kier alpha value is 0.490. The van der Waals surface area contributed by atoms with Gasteiger partial charge in [-0.2, -0.15) is 0 Å². The van der Waals surface area contributed by atoms with Gasteiger partial charge in [-0.1, -0.05) is 24.3 Å². The Labute approximate surface area is 217 Å². The predicted molar refractivity (Wildman–Crippen MR) is 136 cm³/mol. The zero-order chi connectivity index (χ0) is 21.5. The van der Waals surface area contributed by atoms with Gasteiger partial charge < -0.3 is 4.52 Å². The minimum Gasteiger partial charge on any atom is -0.404 e. The molecule has 0 aliphatic rings. The van der Waals surface area contributed by atoms with E-state index >= 15 is 0 Å². The Balaban J connectivity index is 2.40. The summed E-state index contributed by atoms with van der Waals surface area (Å²) in [5.41, 5.74) is 2.78. The zero-order valence-electron chi connectivity index (χ0n) is 14.0. The van der Waals surface area contributed by atoms with E-state index < -0.39 is 7.82 Å². The second-order valence-corrected chi connectivity index (χ2v) is 11.8. The van der Waals surface area contributed by atoms with Crippen molar-refractivity contribution in [3.8, 4) is 28.0 Å². The lowest BCUT2D eigenvalue weighted by molar-refractivity contribution is 0.283. The molecule has 3 aromatic carbocycles. The molecule has 2 N–H and O–H groups in total. The van der Waals surface area contributed by atoms with Crippen molar-refractivity contribution in [2.75, 3.05) is 0 Å². The molecule has 3 aromatic rings. The largest absolute Gasteiger partial charge is 0.524 e. The third kappa shape index (κ3) is 5.29. The van der Waals surface area contributed by atoms with E-state index in [1.807, 2.05) is 30.3 Å². The molecule has 0 amide bonds. The molecule has 11 heteroatoms. The molecule has 0 unspecified atom stereocenters. The smallest absolute Gasteiger partial charge is 0.404 e. The number of hydrogen-bond acceptors (Lipinski definition) is 2. The summed E-state index contributed by atoms with van der Waals surface area (Å²) in [6, 6.07) is 12.6. The lowest BCUT2D eigenvalue weighted by Gasteiger charge is -2.19. The maximum atomic E-state index is 11.6. The number of hydrogen-bond donors (Lipinski definition) is 2. The summed E-state index contributed by atoms with van der Waals surface area (Å²) < 4.78 is 21.5. The van der Waals surface area contributed by atoms with E-state index in [2.05, 4.69) is 95.6 Å². The molecule has 0 aliphatic heterocycles. The standard InChI is InChI=1S/C18H9Br6O4P/c19-11-6-4-9(15(21)17(11)23)8-2-1-3-13(28-29(25,26)27)14(8)10-5-7-12(20)18(24)16(10)22/h1-7H,(H2,25,26,27). The number of halogens is 6. The first-order valence-corrected chi connectivity index (χ1v) is 14.0. The molecule has 0 bridgehead atoms. The van der Waals surface area contributed by atoms with Crippen LogP contribution < -0.4 is 4.52 Å². The van der Waals surface area contributed by atoms with Crippen LogP contribution in [0.1, 0.15) is 0 Å². The van der Waals surface area contributed by atoms with Crippen molar-refractivity contribution in [2.24, 2.45) is 0 Å². The van der Waals surface area contributed by atoms with Crippen LogP contribution in [0.25, 0.3) is 22.3 Å². The third-order valence-electron chi connectivity index (χ3n) is 3.87. The van der Waals surface area contributed by atoms with Crippen LogP contribution in [-0.4, -0.2) is 9.79 Å². The van der Waals surface area contributed by atoms with Crippen LogP contribution in [0, 0.1) is 0 Å². The summed E-state index contributed by atoms with van der Waals surface area (Å²) in [5.74, 6) is 0.0664. The van der Waals surface area contributed by atoms with Crippen molar-refractivity contribution in [3.63, 3.8) is 0 Å². The molecule has 0 saturated carbocycles. The topological polar surface area (TPSA) is 66.8 Å². The first kappa shape index (κ1) is 24.1. The molecule has 0 heterocycles. The summed E-state index contributed by atoms with van der Waals surface area (Å²) in [6.45, 7) is 0. The first-order chi connectivity index (χ1) is 13.5. The Bertz CT molecular complexity index is 1160. The summed E-state index contributed by atoms with van der Waals surface area (Å²) in [4.78, 5) is 18.9. The molecular weight excluding hydrogens is 791 g/mol. The van der Waals surface area contributed by atoms with Gasteiger partial charge in [-0.25, -0.2) is 4.57 Å². The minimum atomic E-state index is -4.78. The van der Waals surface area contributed by atoms with Gasteiger partial charge in [0, 0.05) is 38.0 Å². The minimum absolute atomic E-state index is 0.0664. The van der Waals surface area contributed by atoms with Crippen LogP contribution in [0.5, 0.6) is 5.75 Å². The van der Waals surface area contributed by atoms with E-state index in [1.54, 1.807) is 6.07 Å². The van der Waals surface area contributed by atoms with E-state index in [9.17, 15) is 14.4 Å². The van der Waals surface area contributed by atoms with Gasteiger partial charge in [0.2, 0.25) is 0 Å². The fraction of sp³-hybridized carbons (Fsp3) is 0. The van der Waals surface area contributed by atoms with Gasteiger partial charge >= 0.3 is 7.82 Å². The van der Waals surface area contributed by atoms with Crippen LogP contribution in [0.2, 0.25) is 0 Å². The molecule has 4 nitrogen and oxygen atoms in total. The third-order valence-corrected chi connectivity index (χ3v) is 11.1. The Morgan fingerprint density at radius 1 is 0.655 bits per heavy atom. The quantitative estimate of drug-likeness (QED) is 0.204. The van der Waals surface area contributed by atoms with E-state index in [0.717, 1.165) is 33.5 Å². The number of phosphoric acid groups is 1. The van der Waals surface area contributed by atoms with Crippen LogP contribution in [0.3, 0.4) is 0 Å². The molecule has 152 valence electrons. The number of rotatable bonds is 4. The highest BCUT2D eigenvalue weighted by Gasteiger charge is 2.24. The van der Waals surface area contributed by atoms with Crippen molar-refractivity contribution in [1.29, 1.82) is 0 Å². The predicted octanol–water partition coefficient (Wildman–Crippen LogP) is 9.07. The lowest BCUT2D eigenvalue weighted by Crippen LogP contribution is -1.96. The molecule has 0 fully saturated rings. The summed E-state index contributed by atoms with van der Waals surface area (Å²) >= 11 is 21.2. The monoisotopic (exact) mass is 794 g/mol. The van der Waals surface area contributed by atoms with Gasteiger partial charge in [0.15, 0.2) is 0 Å². The van der Waals surface area contributed by atoms with E-state index in [-0.39, 0.29) is 5.75 Å². The van der Waals surface area contributed by atoms with Crippen LogP contribution in [0.4, 0.5) is 0 Å². The Morgan fingerprint density at radius 2 is 1.17 bits per heavy atom. The van der Waals surface area contributed by atoms with E-state index in [0.29, 0.717) is 15.6 Å². The average molecular weight is 800 g/mol. The first-order valence-electron chi connectivity index (χ1n) is 7.67. The Kier molecular flexibility index (Phi) is 7.95. The molecule has 0 radical (unpaired) electrons. The SMILES string of the molecule is O=P(O)(O)Oc1cccc(-c2ccc(Br)c(Br)c2Br)c1-c1ccc(Br)c(Br)c1Br. The fourth-order valence-corrected chi connectivity index (χ4v) is 6.09. The molecule has 3 rings (SSSR count). The van der Waals surface area contributed by atoms with Crippen LogP contribution in [-0.2, 0) is 4.57 Å². The van der Waals surface area contributed by atoms with Crippen molar-refractivity contribution in [3.05, 3.63) is 69.3 Å². The fourth-order valence-electron chi connectivity index (χ4n) is 2.69. The van der Waals surface area contributed by atoms with Gasteiger partial charge in [0.1, 0.15) is 5.75 Å². The summed E-state index contributed by atoms with van der Waals surface area (Å²) in [7, 11) is -4.78. The molecule has 0 atom stereocenters. The van der Waals surface area contributed by atoms with E-state index in [1.165, 1.54) is 6.07 Å². The van der Waals surface area contributed by atoms with Gasteiger partial charge in [-0.3, -0.25) is 9.79 Å². The molecule has 0 aliphatic carbocycles. The highest BCUT2D eigenvalue weighted by atomic mass is 79.9. The van der Waals surface area contributed by atoms with Crippen molar-refractivity contribution in [2.45, 2.75) is 0 Å². The second kappa shape index (κ2) is 9.55. The van der Waals surface area contributed by atoms with Crippen LogP contribution >= 0.6 is 103 Å². The molecule has 0 saturated heterocycles. The van der Waals surface area contributed by atoms with Crippen molar-refractivity contribution < 1.29 is 18.9 Å². The maximum Gasteiger partial charge on any atom is 0.524 e. The van der Waals surface area contributed by atoms with E-state index in [4.69, 9.17) is 4.52 Å². The van der Waals surface area contributed by atoms with Gasteiger partial charge in [-0.05, 0) is 125 Å². The molecular formula is C18H9Br6O4P. The van der Waals surface area contributed by atoms with Crippen LogP contribution in [0.15, 0.2) is 69.3 Å². The summed E-state index contributed by atoms with van der Waals surface area (Å²) in [5, 5.41) is 0. The number of benzene rings is 3. The molecule has 0 spiro atoms. The van der Waals surface area contributed by atoms with Gasteiger partial charge in [0.25, 0.3) is 0 Å². The highest BCUT2D eigenvalue weighted by Crippen LogP contribution is 2.51. The van der Waals surface area contributed by atoms with Crippen molar-refractivity contribution in [1.82, 2.24) is 0 Å². The van der Waals surface area contributed by atoms with Crippen molar-refractivity contribution >= 4 is 103 Å². The lowest BCUT2D eigenvalue weighted by atomic mass is 9.94. The highest BCUT2D eigenvalue weighted by molar-refractivity contribution is 9.15. The normalized spacial score (nSPS) is 11.6. The number of phosphoric ester groups is 1. The summed E-state index contributed by atoms with van der Waals surface area (Å²) in [6.07, 6.45) is 0. The second-order valence-electron chi connectivity index (χ2n) is 5.71. The molecule has 0 aromatic heterocycles. The average Bonchev–Trinajstić information content (AvgIpc) is 2.64. The maximum absolute atomic E-state index is 11.6. The van der Waals surface area contributed by atoms with Gasteiger partial charge in [-0.15, -0.1) is 0 Å². The zero-order valence-corrected chi connectivity index (χ0v) is 24.4. The Morgan fingerprint density at radius 3 is 1.72 bits per heavy atom.